The molecule has 0 radical (unpaired) electrons. The van der Waals surface area contributed by atoms with Crippen molar-refractivity contribution in [1.29, 1.82) is 0 Å². The smallest absolute Gasteiger partial charge is 0.385 e. The van der Waals surface area contributed by atoms with E-state index in [0.717, 1.165) is 30.6 Å². The van der Waals surface area contributed by atoms with Crippen LogP contribution in [0.25, 0.3) is 0 Å². The van der Waals surface area contributed by atoms with Crippen LogP contribution in [-0.4, -0.2) is 12.7 Å². The van der Waals surface area contributed by atoms with Gasteiger partial charge in [0.25, 0.3) is 0 Å². The van der Waals surface area contributed by atoms with Gasteiger partial charge in [-0.25, -0.2) is 0 Å². The number of hydrogen-bond acceptors (Lipinski definition) is 1. The van der Waals surface area contributed by atoms with Crippen molar-refractivity contribution in [2.45, 2.75) is 38.3 Å². The number of fused-ring (bicyclic) bond motifs is 1. The van der Waals surface area contributed by atoms with Gasteiger partial charge in [-0.05, 0) is 42.9 Å². The standard InChI is InChI=1S/C13H16F3N/c14-13(15,16)8-2-5-10-4-1-7-12-11(10)6-3-9-17-12/h1,4,7,17H,2-3,5-6,8-9H2. The lowest BCUT2D eigenvalue weighted by Crippen LogP contribution is -2.14. The van der Waals surface area contributed by atoms with Gasteiger partial charge >= 0.3 is 6.18 Å². The highest BCUT2D eigenvalue weighted by Gasteiger charge is 2.26. The summed E-state index contributed by atoms with van der Waals surface area (Å²) in [5, 5.41) is 3.29. The summed E-state index contributed by atoms with van der Waals surface area (Å²) in [5.41, 5.74) is 3.38. The Morgan fingerprint density at radius 1 is 1.24 bits per heavy atom. The zero-order valence-corrected chi connectivity index (χ0v) is 9.61. The summed E-state index contributed by atoms with van der Waals surface area (Å²) in [6.07, 6.45) is -1.99. The monoisotopic (exact) mass is 243 g/mol. The van der Waals surface area contributed by atoms with Gasteiger partial charge in [0.05, 0.1) is 0 Å². The Balaban J connectivity index is 2.01. The van der Waals surface area contributed by atoms with Crippen LogP contribution >= 0.6 is 0 Å². The number of nitrogens with one attached hydrogen (secondary N) is 1. The maximum Gasteiger partial charge on any atom is 0.389 e. The fourth-order valence-electron chi connectivity index (χ4n) is 2.30. The van der Waals surface area contributed by atoms with Crippen molar-refractivity contribution in [3.63, 3.8) is 0 Å². The van der Waals surface area contributed by atoms with Crippen LogP contribution in [0, 0.1) is 0 Å². The first-order valence-corrected chi connectivity index (χ1v) is 5.98. The van der Waals surface area contributed by atoms with Gasteiger partial charge in [-0.3, -0.25) is 0 Å². The second-order valence-electron chi connectivity index (χ2n) is 4.44. The average molecular weight is 243 g/mol. The van der Waals surface area contributed by atoms with Crippen molar-refractivity contribution in [3.05, 3.63) is 29.3 Å². The van der Waals surface area contributed by atoms with Gasteiger partial charge in [0.15, 0.2) is 0 Å². The predicted molar refractivity (Wildman–Crippen MR) is 62.2 cm³/mol. The minimum absolute atomic E-state index is 0.181. The molecule has 0 fully saturated rings. The van der Waals surface area contributed by atoms with Gasteiger partial charge in [0, 0.05) is 18.7 Å². The molecule has 0 amide bonds. The highest BCUT2D eigenvalue weighted by Crippen LogP contribution is 2.28. The van der Waals surface area contributed by atoms with E-state index in [2.05, 4.69) is 5.32 Å². The molecule has 1 N–H and O–H groups in total. The molecule has 1 nitrogen and oxygen atoms in total. The number of rotatable bonds is 3. The van der Waals surface area contributed by atoms with E-state index in [1.54, 1.807) is 0 Å². The molecular formula is C13H16F3N. The molecule has 17 heavy (non-hydrogen) atoms. The number of benzene rings is 1. The van der Waals surface area contributed by atoms with Gasteiger partial charge in [-0.15, -0.1) is 0 Å². The van der Waals surface area contributed by atoms with E-state index < -0.39 is 12.6 Å². The number of alkyl halides is 3. The number of hydrogen-bond donors (Lipinski definition) is 1. The molecule has 0 aromatic heterocycles. The maximum absolute atomic E-state index is 12.1. The first kappa shape index (κ1) is 12.3. The topological polar surface area (TPSA) is 12.0 Å². The maximum atomic E-state index is 12.1. The van der Waals surface area contributed by atoms with E-state index in [9.17, 15) is 13.2 Å². The molecule has 0 unspecified atom stereocenters. The summed E-state index contributed by atoms with van der Waals surface area (Å²) >= 11 is 0. The first-order chi connectivity index (χ1) is 8.06. The quantitative estimate of drug-likeness (QED) is 0.848. The summed E-state index contributed by atoms with van der Waals surface area (Å²) in [7, 11) is 0. The largest absolute Gasteiger partial charge is 0.389 e. The molecule has 0 bridgehead atoms. The molecule has 1 aliphatic heterocycles. The van der Waals surface area contributed by atoms with E-state index in [4.69, 9.17) is 0 Å². The molecule has 1 heterocycles. The van der Waals surface area contributed by atoms with Gasteiger partial charge in [0.1, 0.15) is 0 Å². The van der Waals surface area contributed by atoms with Crippen LogP contribution in [0.4, 0.5) is 18.9 Å². The molecule has 4 heteroatoms. The fourth-order valence-corrected chi connectivity index (χ4v) is 2.30. The molecule has 0 saturated heterocycles. The van der Waals surface area contributed by atoms with Crippen molar-refractivity contribution >= 4 is 5.69 Å². The number of halogens is 3. The van der Waals surface area contributed by atoms with E-state index in [1.165, 1.54) is 5.56 Å². The lowest BCUT2D eigenvalue weighted by molar-refractivity contribution is -0.135. The zero-order valence-electron chi connectivity index (χ0n) is 9.61. The normalized spacial score (nSPS) is 15.2. The van der Waals surface area contributed by atoms with Crippen molar-refractivity contribution in [1.82, 2.24) is 0 Å². The molecule has 1 aromatic carbocycles. The van der Waals surface area contributed by atoms with Gasteiger partial charge in [-0.1, -0.05) is 12.1 Å². The molecule has 0 saturated carbocycles. The predicted octanol–water partition coefficient (Wildman–Crippen LogP) is 3.93. The summed E-state index contributed by atoms with van der Waals surface area (Å²) in [6, 6.07) is 5.87. The van der Waals surface area contributed by atoms with Crippen molar-refractivity contribution in [2.24, 2.45) is 0 Å². The van der Waals surface area contributed by atoms with E-state index in [1.807, 2.05) is 18.2 Å². The van der Waals surface area contributed by atoms with E-state index in [-0.39, 0.29) is 6.42 Å². The summed E-state index contributed by atoms with van der Waals surface area (Å²) < 4.78 is 36.3. The minimum atomic E-state index is -4.03. The Morgan fingerprint density at radius 3 is 2.82 bits per heavy atom. The molecule has 0 aliphatic carbocycles. The van der Waals surface area contributed by atoms with Crippen LogP contribution in [0.3, 0.4) is 0 Å². The summed E-state index contributed by atoms with van der Waals surface area (Å²) in [4.78, 5) is 0. The Kier molecular flexibility index (Phi) is 3.60. The Morgan fingerprint density at radius 2 is 2.06 bits per heavy atom. The Labute approximate surface area is 99.0 Å². The van der Waals surface area contributed by atoms with E-state index >= 15 is 0 Å². The minimum Gasteiger partial charge on any atom is -0.385 e. The lowest BCUT2D eigenvalue weighted by Gasteiger charge is -2.21. The average Bonchev–Trinajstić information content (AvgIpc) is 2.28. The van der Waals surface area contributed by atoms with E-state index in [0.29, 0.717) is 6.42 Å². The van der Waals surface area contributed by atoms with Gasteiger partial charge in [0.2, 0.25) is 0 Å². The molecule has 0 spiro atoms. The molecule has 1 aromatic rings. The summed E-state index contributed by atoms with van der Waals surface area (Å²) in [6.45, 7) is 0.957. The highest BCUT2D eigenvalue weighted by molar-refractivity contribution is 5.56. The van der Waals surface area contributed by atoms with Crippen LogP contribution in [0.5, 0.6) is 0 Å². The van der Waals surface area contributed by atoms with Gasteiger partial charge < -0.3 is 5.32 Å². The second-order valence-corrected chi connectivity index (χ2v) is 4.44. The molecule has 94 valence electrons. The van der Waals surface area contributed by atoms with Crippen molar-refractivity contribution in [2.75, 3.05) is 11.9 Å². The highest BCUT2D eigenvalue weighted by atomic mass is 19.4. The Bertz CT molecular complexity index is 385. The summed E-state index contributed by atoms with van der Waals surface area (Å²) in [5.74, 6) is 0. The third kappa shape index (κ3) is 3.38. The molecule has 2 rings (SSSR count). The van der Waals surface area contributed by atoms with Crippen LogP contribution < -0.4 is 5.32 Å². The third-order valence-corrected chi connectivity index (χ3v) is 3.10. The van der Waals surface area contributed by atoms with Gasteiger partial charge in [-0.2, -0.15) is 13.2 Å². The van der Waals surface area contributed by atoms with Crippen LogP contribution in [0.1, 0.15) is 30.4 Å². The SMILES string of the molecule is FC(F)(F)CCCc1cccc2c1CCCN2. The number of anilines is 1. The lowest BCUT2D eigenvalue weighted by atomic mass is 9.94. The fraction of sp³-hybridized carbons (Fsp3) is 0.538. The van der Waals surface area contributed by atoms with Crippen molar-refractivity contribution in [3.8, 4) is 0 Å². The third-order valence-electron chi connectivity index (χ3n) is 3.10. The van der Waals surface area contributed by atoms with Crippen LogP contribution in [0.2, 0.25) is 0 Å². The Hall–Kier alpha value is -1.19. The van der Waals surface area contributed by atoms with Crippen molar-refractivity contribution < 1.29 is 13.2 Å². The number of aryl methyl sites for hydroxylation is 1. The first-order valence-electron chi connectivity index (χ1n) is 5.98. The molecular weight excluding hydrogens is 227 g/mol. The van der Waals surface area contributed by atoms with Crippen LogP contribution in [0.15, 0.2) is 18.2 Å². The zero-order chi connectivity index (χ0) is 12.3. The van der Waals surface area contributed by atoms with Crippen LogP contribution in [-0.2, 0) is 12.8 Å². The molecule has 1 aliphatic rings. The second kappa shape index (κ2) is 4.98. The molecule has 0 atom stereocenters.